The van der Waals surface area contributed by atoms with Crippen LogP contribution in [0, 0.1) is 13.8 Å². The zero-order chi connectivity index (χ0) is 18.8. The van der Waals surface area contributed by atoms with Gasteiger partial charge in [0.25, 0.3) is 0 Å². The molecule has 4 aromatic heterocycles. The van der Waals surface area contributed by atoms with Gasteiger partial charge in [0, 0.05) is 37.5 Å². The molecule has 0 saturated heterocycles. The molecule has 0 aromatic carbocycles. The minimum Gasteiger partial charge on any atom is -0.329 e. The Bertz CT molecular complexity index is 1050. The van der Waals surface area contributed by atoms with E-state index >= 15 is 0 Å². The largest absolute Gasteiger partial charge is 0.329 e. The first-order chi connectivity index (χ1) is 13.1. The molecule has 0 aliphatic rings. The van der Waals surface area contributed by atoms with Gasteiger partial charge in [-0.1, -0.05) is 17.7 Å². The van der Waals surface area contributed by atoms with Crippen LogP contribution in [0.4, 0.5) is 0 Å². The third-order valence-electron chi connectivity index (χ3n) is 4.37. The number of hydrogen-bond acceptors (Lipinski definition) is 5. The minimum atomic E-state index is 0.592. The van der Waals surface area contributed by atoms with Crippen LogP contribution in [0.1, 0.15) is 11.4 Å². The maximum Gasteiger partial charge on any atom is 0.178 e. The van der Waals surface area contributed by atoms with Crippen molar-refractivity contribution in [3.8, 4) is 22.9 Å². The van der Waals surface area contributed by atoms with E-state index in [1.165, 1.54) is 0 Å². The summed E-state index contributed by atoms with van der Waals surface area (Å²) >= 11 is 6.23. The molecule has 0 aliphatic carbocycles. The predicted octanol–water partition coefficient (Wildman–Crippen LogP) is 3.57. The Hall–Kier alpha value is -3.06. The van der Waals surface area contributed by atoms with Crippen LogP contribution < -0.4 is 0 Å². The molecule has 0 atom stereocenters. The number of imidazole rings is 1. The number of aryl methyl sites for hydroxylation is 3. The molecule has 7 nitrogen and oxygen atoms in total. The van der Waals surface area contributed by atoms with Gasteiger partial charge in [0.2, 0.25) is 0 Å². The van der Waals surface area contributed by atoms with E-state index in [4.69, 9.17) is 11.6 Å². The molecule has 4 heterocycles. The Labute approximate surface area is 161 Å². The highest BCUT2D eigenvalue weighted by Crippen LogP contribution is 2.20. The van der Waals surface area contributed by atoms with Gasteiger partial charge in [-0.25, -0.2) is 15.0 Å². The standard InChI is InChI=1S/C19H18ClN7/c1-13-17(20)14(2)27(25-13)10-9-26-8-7-22-19(26)15-11-23-18(24-12-15)16-5-3-4-6-21-16/h3-8,11-12H,9-10H2,1-2H3. The number of pyridine rings is 1. The van der Waals surface area contributed by atoms with Crippen LogP contribution in [-0.4, -0.2) is 34.3 Å². The van der Waals surface area contributed by atoms with Gasteiger partial charge in [-0.05, 0) is 26.0 Å². The number of rotatable bonds is 5. The molecule has 0 bridgehead atoms. The van der Waals surface area contributed by atoms with Crippen molar-refractivity contribution in [3.05, 3.63) is 65.6 Å². The van der Waals surface area contributed by atoms with E-state index in [9.17, 15) is 0 Å². The van der Waals surface area contributed by atoms with Crippen LogP contribution in [0.25, 0.3) is 22.9 Å². The first kappa shape index (κ1) is 17.4. The molecule has 0 saturated carbocycles. The lowest BCUT2D eigenvalue weighted by Crippen LogP contribution is -2.10. The zero-order valence-corrected chi connectivity index (χ0v) is 15.8. The zero-order valence-electron chi connectivity index (χ0n) is 15.0. The molecular formula is C19H18ClN7. The highest BCUT2D eigenvalue weighted by Gasteiger charge is 2.12. The number of halogens is 1. The van der Waals surface area contributed by atoms with Crippen molar-refractivity contribution in [2.24, 2.45) is 0 Å². The van der Waals surface area contributed by atoms with Crippen LogP contribution in [0.15, 0.2) is 49.2 Å². The van der Waals surface area contributed by atoms with Gasteiger partial charge >= 0.3 is 0 Å². The molecule has 0 radical (unpaired) electrons. The average molecular weight is 380 g/mol. The maximum atomic E-state index is 6.23. The van der Waals surface area contributed by atoms with Crippen LogP contribution in [-0.2, 0) is 13.1 Å². The first-order valence-electron chi connectivity index (χ1n) is 8.58. The highest BCUT2D eigenvalue weighted by atomic mass is 35.5. The summed E-state index contributed by atoms with van der Waals surface area (Å²) in [6.45, 7) is 5.31. The predicted molar refractivity (Wildman–Crippen MR) is 103 cm³/mol. The monoisotopic (exact) mass is 379 g/mol. The Balaban J connectivity index is 1.54. The van der Waals surface area contributed by atoms with Crippen LogP contribution >= 0.6 is 11.6 Å². The molecule has 0 unspecified atom stereocenters. The van der Waals surface area contributed by atoms with Gasteiger partial charge in [-0.3, -0.25) is 9.67 Å². The van der Waals surface area contributed by atoms with Crippen molar-refractivity contribution >= 4 is 11.6 Å². The lowest BCUT2D eigenvalue weighted by molar-refractivity contribution is 0.523. The molecule has 4 rings (SSSR count). The van der Waals surface area contributed by atoms with Gasteiger partial charge in [0.15, 0.2) is 5.82 Å². The molecular weight excluding hydrogens is 362 g/mol. The highest BCUT2D eigenvalue weighted by molar-refractivity contribution is 6.31. The fraction of sp³-hybridized carbons (Fsp3) is 0.211. The third kappa shape index (κ3) is 3.46. The Kier molecular flexibility index (Phi) is 4.68. The van der Waals surface area contributed by atoms with Crippen molar-refractivity contribution in [1.82, 2.24) is 34.3 Å². The molecule has 0 fully saturated rings. The second kappa shape index (κ2) is 7.28. The summed E-state index contributed by atoms with van der Waals surface area (Å²) in [7, 11) is 0. The molecule has 0 spiro atoms. The van der Waals surface area contributed by atoms with E-state index in [0.717, 1.165) is 40.0 Å². The first-order valence-corrected chi connectivity index (χ1v) is 8.96. The maximum absolute atomic E-state index is 6.23. The van der Waals surface area contributed by atoms with Crippen molar-refractivity contribution in [2.45, 2.75) is 26.9 Å². The normalized spacial score (nSPS) is 11.1. The Morgan fingerprint density at radius 3 is 2.44 bits per heavy atom. The molecule has 136 valence electrons. The number of aromatic nitrogens is 7. The van der Waals surface area contributed by atoms with Crippen LogP contribution in [0.5, 0.6) is 0 Å². The van der Waals surface area contributed by atoms with Gasteiger partial charge in [0.05, 0.1) is 28.5 Å². The summed E-state index contributed by atoms with van der Waals surface area (Å²) in [6.07, 6.45) is 8.99. The van der Waals surface area contributed by atoms with E-state index in [1.54, 1.807) is 24.8 Å². The average Bonchev–Trinajstić information content (AvgIpc) is 3.27. The second-order valence-corrected chi connectivity index (χ2v) is 6.54. The lowest BCUT2D eigenvalue weighted by Gasteiger charge is -2.09. The fourth-order valence-electron chi connectivity index (χ4n) is 2.92. The van der Waals surface area contributed by atoms with E-state index in [1.807, 2.05) is 42.9 Å². The molecule has 0 amide bonds. The van der Waals surface area contributed by atoms with Crippen molar-refractivity contribution in [3.63, 3.8) is 0 Å². The van der Waals surface area contributed by atoms with Crippen LogP contribution in [0.3, 0.4) is 0 Å². The van der Waals surface area contributed by atoms with Crippen molar-refractivity contribution in [1.29, 1.82) is 0 Å². The molecule has 4 aromatic rings. The lowest BCUT2D eigenvalue weighted by atomic mass is 10.3. The quantitative estimate of drug-likeness (QED) is 0.530. The third-order valence-corrected chi connectivity index (χ3v) is 4.91. The van der Waals surface area contributed by atoms with E-state index < -0.39 is 0 Å². The summed E-state index contributed by atoms with van der Waals surface area (Å²) in [5, 5.41) is 5.20. The van der Waals surface area contributed by atoms with Crippen molar-refractivity contribution < 1.29 is 0 Å². The molecule has 8 heteroatoms. The summed E-state index contributed by atoms with van der Waals surface area (Å²) < 4.78 is 3.98. The minimum absolute atomic E-state index is 0.592. The Morgan fingerprint density at radius 1 is 0.963 bits per heavy atom. The van der Waals surface area contributed by atoms with Gasteiger partial charge < -0.3 is 4.57 Å². The van der Waals surface area contributed by atoms with Gasteiger partial charge in [0.1, 0.15) is 11.5 Å². The number of nitrogens with zero attached hydrogens (tertiary/aromatic N) is 7. The molecule has 0 aliphatic heterocycles. The molecule has 27 heavy (non-hydrogen) atoms. The summed E-state index contributed by atoms with van der Waals surface area (Å²) in [5.74, 6) is 1.41. The van der Waals surface area contributed by atoms with E-state index in [2.05, 4.69) is 29.6 Å². The van der Waals surface area contributed by atoms with E-state index in [0.29, 0.717) is 12.4 Å². The van der Waals surface area contributed by atoms with Gasteiger partial charge in [-0.15, -0.1) is 0 Å². The van der Waals surface area contributed by atoms with Crippen LogP contribution in [0.2, 0.25) is 5.02 Å². The fourth-order valence-corrected chi connectivity index (χ4v) is 3.05. The summed E-state index contributed by atoms with van der Waals surface area (Å²) in [6, 6.07) is 5.66. The Morgan fingerprint density at radius 2 is 1.78 bits per heavy atom. The SMILES string of the molecule is Cc1nn(CCn2ccnc2-c2cnc(-c3ccccn3)nc2)c(C)c1Cl. The van der Waals surface area contributed by atoms with Gasteiger partial charge in [-0.2, -0.15) is 5.10 Å². The smallest absolute Gasteiger partial charge is 0.178 e. The second-order valence-electron chi connectivity index (χ2n) is 6.16. The molecule has 0 N–H and O–H groups in total. The van der Waals surface area contributed by atoms with E-state index in [-0.39, 0.29) is 0 Å². The topological polar surface area (TPSA) is 74.3 Å². The van der Waals surface area contributed by atoms with Crippen molar-refractivity contribution in [2.75, 3.05) is 0 Å². The summed E-state index contributed by atoms with van der Waals surface area (Å²) in [5.41, 5.74) is 3.41. The number of hydrogen-bond donors (Lipinski definition) is 0. The summed E-state index contributed by atoms with van der Waals surface area (Å²) in [4.78, 5) is 17.6.